The van der Waals surface area contributed by atoms with Gasteiger partial charge in [0.05, 0.1) is 6.20 Å². The van der Waals surface area contributed by atoms with Gasteiger partial charge in [0.1, 0.15) is 5.82 Å². The minimum absolute atomic E-state index is 0.177. The van der Waals surface area contributed by atoms with Crippen LogP contribution in [0.3, 0.4) is 0 Å². The third kappa shape index (κ3) is 3.95. The molecule has 2 aromatic heterocycles. The van der Waals surface area contributed by atoms with Crippen LogP contribution < -0.4 is 22.8 Å². The lowest BCUT2D eigenvalue weighted by Gasteiger charge is -1.84. The molecule has 10 heteroatoms. The zero-order valence-electron chi connectivity index (χ0n) is 7.91. The Kier molecular flexibility index (Phi) is 3.66. The van der Waals surface area contributed by atoms with Gasteiger partial charge >= 0.3 is 11.4 Å². The van der Waals surface area contributed by atoms with Crippen LogP contribution in [0.2, 0.25) is 0 Å². The molecule has 0 unspecified atom stereocenters. The van der Waals surface area contributed by atoms with Gasteiger partial charge in [-0.2, -0.15) is 4.98 Å². The van der Waals surface area contributed by atoms with E-state index in [1.165, 1.54) is 6.20 Å². The highest BCUT2D eigenvalue weighted by molar-refractivity contribution is 5.21. The van der Waals surface area contributed by atoms with Crippen molar-refractivity contribution in [2.24, 2.45) is 0 Å². The van der Waals surface area contributed by atoms with E-state index in [1.807, 2.05) is 4.98 Å². The molecule has 2 aromatic rings. The topological polar surface area (TPSA) is 169 Å². The third-order valence-corrected chi connectivity index (χ3v) is 1.21. The van der Waals surface area contributed by atoms with E-state index >= 15 is 0 Å². The molecular weight excluding hydrogens is 216 g/mol. The number of aromatic nitrogens is 6. The highest BCUT2D eigenvalue weighted by Gasteiger charge is 1.88. The van der Waals surface area contributed by atoms with Crippen LogP contribution in [0, 0.1) is 0 Å². The summed E-state index contributed by atoms with van der Waals surface area (Å²) in [4.78, 5) is 27.6. The highest BCUT2D eigenvalue weighted by Crippen LogP contribution is 1.83. The Morgan fingerprint density at radius 1 is 1.19 bits per heavy atom. The molecule has 0 bridgehead atoms. The maximum atomic E-state index is 10.3. The number of hydrogen-bond acceptors (Lipinski definition) is 8. The molecule has 0 spiro atoms. The zero-order chi connectivity index (χ0) is 12.0. The van der Waals surface area contributed by atoms with Gasteiger partial charge in [-0.05, 0) is 5.21 Å². The standard InChI is InChI=1S/C3H4N4O2.C3H4N4/c4-1-5-2(8)7-3(9)6-1;4-3-1-2-5-7-6-3/h(H4,4,5,6,7,8,9);1-2H,(H2,4,5,6). The molecular formula is C6H8N8O2. The summed E-state index contributed by atoms with van der Waals surface area (Å²) in [6.45, 7) is 0. The quantitative estimate of drug-likeness (QED) is 0.380. The van der Waals surface area contributed by atoms with Crippen LogP contribution in [-0.2, 0) is 0 Å². The molecule has 0 aliphatic heterocycles. The Morgan fingerprint density at radius 2 is 1.94 bits per heavy atom. The van der Waals surface area contributed by atoms with E-state index in [0.717, 1.165) is 0 Å². The second kappa shape index (κ2) is 5.19. The second-order valence-corrected chi connectivity index (χ2v) is 2.43. The van der Waals surface area contributed by atoms with E-state index in [4.69, 9.17) is 11.5 Å². The molecule has 0 aromatic carbocycles. The fourth-order valence-electron chi connectivity index (χ4n) is 0.660. The van der Waals surface area contributed by atoms with Crippen molar-refractivity contribution in [2.75, 3.05) is 11.5 Å². The van der Waals surface area contributed by atoms with Crippen LogP contribution >= 0.6 is 0 Å². The Morgan fingerprint density at radius 3 is 2.31 bits per heavy atom. The van der Waals surface area contributed by atoms with Crippen molar-refractivity contribution in [2.45, 2.75) is 0 Å². The summed E-state index contributed by atoms with van der Waals surface area (Å²) < 4.78 is 0. The first-order valence-electron chi connectivity index (χ1n) is 3.94. The number of rotatable bonds is 0. The Bertz CT molecular complexity index is 518. The van der Waals surface area contributed by atoms with Gasteiger partial charge in [0.15, 0.2) is 0 Å². The van der Waals surface area contributed by atoms with Gasteiger partial charge in [0.25, 0.3) is 0 Å². The first-order chi connectivity index (χ1) is 7.58. The first-order valence-corrected chi connectivity index (χ1v) is 3.94. The molecule has 0 amide bonds. The fourth-order valence-corrected chi connectivity index (χ4v) is 0.660. The van der Waals surface area contributed by atoms with Gasteiger partial charge in [-0.15, -0.1) is 10.2 Å². The number of anilines is 2. The lowest BCUT2D eigenvalue weighted by molar-refractivity contribution is 0.873. The SMILES string of the molecule is Nc1ccnnn1.Nc1nc(=O)[nH]c(=O)[nH]1. The molecule has 0 fully saturated rings. The number of nitrogen functional groups attached to an aromatic ring is 2. The van der Waals surface area contributed by atoms with E-state index in [9.17, 15) is 9.59 Å². The van der Waals surface area contributed by atoms with E-state index in [2.05, 4.69) is 25.4 Å². The molecule has 2 rings (SSSR count). The van der Waals surface area contributed by atoms with Gasteiger partial charge in [-0.25, -0.2) is 9.59 Å². The average Bonchev–Trinajstić information content (AvgIpc) is 2.17. The average molecular weight is 224 g/mol. The molecule has 0 radical (unpaired) electrons. The van der Waals surface area contributed by atoms with Crippen molar-refractivity contribution in [1.82, 2.24) is 30.4 Å². The van der Waals surface area contributed by atoms with Gasteiger partial charge in [0.2, 0.25) is 5.95 Å². The van der Waals surface area contributed by atoms with Crippen LogP contribution in [0.4, 0.5) is 11.8 Å². The Labute approximate surface area is 87.8 Å². The van der Waals surface area contributed by atoms with Crippen molar-refractivity contribution < 1.29 is 0 Å². The van der Waals surface area contributed by atoms with E-state index in [0.29, 0.717) is 5.82 Å². The molecule has 0 aliphatic rings. The van der Waals surface area contributed by atoms with Crippen molar-refractivity contribution in [3.63, 3.8) is 0 Å². The monoisotopic (exact) mass is 224 g/mol. The molecule has 10 nitrogen and oxygen atoms in total. The molecule has 0 saturated heterocycles. The van der Waals surface area contributed by atoms with Gasteiger partial charge in [0, 0.05) is 6.07 Å². The summed E-state index contributed by atoms with van der Waals surface area (Å²) in [5.41, 5.74) is 8.73. The van der Waals surface area contributed by atoms with Crippen LogP contribution in [-0.4, -0.2) is 30.4 Å². The summed E-state index contributed by atoms with van der Waals surface area (Å²) in [5, 5.41) is 10.1. The summed E-state index contributed by atoms with van der Waals surface area (Å²) in [5.74, 6) is 0.221. The number of nitrogens with zero attached hydrogens (tertiary/aromatic N) is 4. The maximum absolute atomic E-state index is 10.3. The van der Waals surface area contributed by atoms with Crippen molar-refractivity contribution >= 4 is 11.8 Å². The van der Waals surface area contributed by atoms with E-state index in [1.54, 1.807) is 6.07 Å². The molecule has 2 heterocycles. The van der Waals surface area contributed by atoms with Crippen molar-refractivity contribution in [3.05, 3.63) is 33.2 Å². The molecule has 0 saturated carbocycles. The number of H-pyrrole nitrogens is 2. The number of hydrogen-bond donors (Lipinski definition) is 4. The normalized spacial score (nSPS) is 9.00. The summed E-state index contributed by atoms with van der Waals surface area (Å²) in [6.07, 6.45) is 1.49. The number of nitrogens with two attached hydrogens (primary N) is 2. The zero-order valence-corrected chi connectivity index (χ0v) is 7.91. The number of nitrogens with one attached hydrogen (secondary N) is 2. The largest absolute Gasteiger partial charge is 0.382 e. The third-order valence-electron chi connectivity index (χ3n) is 1.21. The second-order valence-electron chi connectivity index (χ2n) is 2.43. The predicted octanol–water partition coefficient (Wildman–Crippen LogP) is -2.51. The molecule has 16 heavy (non-hydrogen) atoms. The van der Waals surface area contributed by atoms with Gasteiger partial charge in [-0.1, -0.05) is 0 Å². The fraction of sp³-hybridized carbons (Fsp3) is 0. The Hall–Kier alpha value is -2.78. The smallest absolute Gasteiger partial charge is 0.352 e. The maximum Gasteiger partial charge on any atom is 0.352 e. The first kappa shape index (κ1) is 11.3. The summed E-state index contributed by atoms with van der Waals surface area (Å²) in [6, 6.07) is 1.58. The number of aromatic amines is 2. The van der Waals surface area contributed by atoms with E-state index in [-0.39, 0.29) is 5.95 Å². The summed E-state index contributed by atoms with van der Waals surface area (Å²) >= 11 is 0. The van der Waals surface area contributed by atoms with Crippen molar-refractivity contribution in [3.8, 4) is 0 Å². The molecule has 0 atom stereocenters. The van der Waals surface area contributed by atoms with Gasteiger partial charge in [-0.3, -0.25) is 9.97 Å². The minimum Gasteiger partial charge on any atom is -0.382 e. The van der Waals surface area contributed by atoms with Crippen LogP contribution in [0.25, 0.3) is 0 Å². The molecule has 84 valence electrons. The van der Waals surface area contributed by atoms with Crippen LogP contribution in [0.5, 0.6) is 0 Å². The van der Waals surface area contributed by atoms with Crippen LogP contribution in [0.1, 0.15) is 0 Å². The summed E-state index contributed by atoms with van der Waals surface area (Å²) in [7, 11) is 0. The molecule has 6 N–H and O–H groups in total. The van der Waals surface area contributed by atoms with Gasteiger partial charge < -0.3 is 11.5 Å². The van der Waals surface area contributed by atoms with E-state index < -0.39 is 11.4 Å². The highest BCUT2D eigenvalue weighted by atomic mass is 16.2. The lowest BCUT2D eigenvalue weighted by Crippen LogP contribution is -2.25. The lowest BCUT2D eigenvalue weighted by atomic mass is 10.6. The van der Waals surface area contributed by atoms with Crippen LogP contribution in [0.15, 0.2) is 21.9 Å². The van der Waals surface area contributed by atoms with Crippen molar-refractivity contribution in [1.29, 1.82) is 0 Å². The molecule has 0 aliphatic carbocycles. The minimum atomic E-state index is -0.740. The predicted molar refractivity (Wildman–Crippen MR) is 54.1 cm³/mol. The Balaban J connectivity index is 0.000000165.